The Labute approximate surface area is 188 Å². The molecule has 4 rings (SSSR count). The van der Waals surface area contributed by atoms with Gasteiger partial charge in [-0.05, 0) is 66.3 Å². The van der Waals surface area contributed by atoms with Crippen molar-refractivity contribution >= 4 is 23.4 Å². The molecule has 7 nitrogen and oxygen atoms in total. The smallest absolute Gasteiger partial charge is 0.338 e. The highest BCUT2D eigenvalue weighted by atomic mass is 16.5. The van der Waals surface area contributed by atoms with Crippen LogP contribution in [0.1, 0.15) is 36.9 Å². The summed E-state index contributed by atoms with van der Waals surface area (Å²) in [7, 11) is 2.93. The van der Waals surface area contributed by atoms with Gasteiger partial charge < -0.3 is 25.0 Å². The number of carbonyl (C=O) groups is 2. The van der Waals surface area contributed by atoms with Gasteiger partial charge in [-0.2, -0.15) is 0 Å². The number of nitrogens with zero attached hydrogens (tertiary/aromatic N) is 1. The van der Waals surface area contributed by atoms with E-state index in [2.05, 4.69) is 34.6 Å². The third-order valence-corrected chi connectivity index (χ3v) is 6.23. The molecule has 0 bridgehead atoms. The van der Waals surface area contributed by atoms with E-state index in [9.17, 15) is 9.59 Å². The number of esters is 1. The van der Waals surface area contributed by atoms with Crippen LogP contribution in [0.3, 0.4) is 0 Å². The Morgan fingerprint density at radius 2 is 1.66 bits per heavy atom. The van der Waals surface area contributed by atoms with Gasteiger partial charge in [0, 0.05) is 18.8 Å². The van der Waals surface area contributed by atoms with Crippen molar-refractivity contribution in [2.75, 3.05) is 32.2 Å². The molecule has 2 aliphatic heterocycles. The fourth-order valence-electron chi connectivity index (χ4n) is 4.27. The Morgan fingerprint density at radius 3 is 2.25 bits per heavy atom. The summed E-state index contributed by atoms with van der Waals surface area (Å²) in [5.41, 5.74) is 3.46. The standard InChI is InChI=1S/C25H29N3O4/c1-16-12-14-28(15-13-16)19-8-4-17(5-9-19)22-21(24(29)32-3)23(27-25(30)26-22)18-6-10-20(31-2)11-7-18/h4-11,16,22H,12-15H2,1-3H3,(H2,26,27,30). The number of anilines is 1. The number of piperidine rings is 1. The van der Waals surface area contributed by atoms with Crippen molar-refractivity contribution in [2.45, 2.75) is 25.8 Å². The highest BCUT2D eigenvalue weighted by Gasteiger charge is 2.34. The number of carbonyl (C=O) groups excluding carboxylic acids is 2. The van der Waals surface area contributed by atoms with Gasteiger partial charge in [0.15, 0.2) is 0 Å². The van der Waals surface area contributed by atoms with E-state index in [-0.39, 0.29) is 6.03 Å². The van der Waals surface area contributed by atoms with Gasteiger partial charge in [0.25, 0.3) is 0 Å². The van der Waals surface area contributed by atoms with E-state index >= 15 is 0 Å². The third kappa shape index (κ3) is 4.42. The lowest BCUT2D eigenvalue weighted by atomic mass is 9.92. The average Bonchev–Trinajstić information content (AvgIpc) is 2.83. The number of nitrogens with one attached hydrogen (secondary N) is 2. The predicted octanol–water partition coefficient (Wildman–Crippen LogP) is 3.87. The molecular weight excluding hydrogens is 406 g/mol. The number of hydrogen-bond acceptors (Lipinski definition) is 5. The van der Waals surface area contributed by atoms with Gasteiger partial charge in [-0.25, -0.2) is 9.59 Å². The Kier molecular flexibility index (Phi) is 6.35. The molecule has 2 aromatic rings. The highest BCUT2D eigenvalue weighted by Crippen LogP contribution is 2.33. The van der Waals surface area contributed by atoms with E-state index < -0.39 is 12.0 Å². The summed E-state index contributed by atoms with van der Waals surface area (Å²) >= 11 is 0. The van der Waals surface area contributed by atoms with Crippen molar-refractivity contribution in [3.05, 3.63) is 65.2 Å². The molecule has 32 heavy (non-hydrogen) atoms. The molecule has 1 atom stereocenters. The lowest BCUT2D eigenvalue weighted by Gasteiger charge is -2.33. The number of amides is 2. The fourth-order valence-corrected chi connectivity index (χ4v) is 4.27. The number of hydrogen-bond donors (Lipinski definition) is 2. The first kappa shape index (κ1) is 21.7. The van der Waals surface area contributed by atoms with Crippen LogP contribution in [-0.4, -0.2) is 39.3 Å². The van der Waals surface area contributed by atoms with Crippen LogP contribution < -0.4 is 20.3 Å². The van der Waals surface area contributed by atoms with Gasteiger partial charge in [-0.3, -0.25) is 0 Å². The van der Waals surface area contributed by atoms with Crippen molar-refractivity contribution in [3.8, 4) is 5.75 Å². The van der Waals surface area contributed by atoms with Crippen molar-refractivity contribution in [2.24, 2.45) is 5.92 Å². The van der Waals surface area contributed by atoms with E-state index in [1.54, 1.807) is 31.4 Å². The molecule has 0 saturated carbocycles. The third-order valence-electron chi connectivity index (χ3n) is 6.23. The Balaban J connectivity index is 1.69. The first-order chi connectivity index (χ1) is 15.5. The second-order valence-electron chi connectivity index (χ2n) is 8.30. The minimum absolute atomic E-state index is 0.358. The molecule has 1 fully saturated rings. The van der Waals surface area contributed by atoms with Crippen LogP contribution >= 0.6 is 0 Å². The quantitative estimate of drug-likeness (QED) is 0.697. The van der Waals surface area contributed by atoms with Crippen molar-refractivity contribution in [3.63, 3.8) is 0 Å². The van der Waals surface area contributed by atoms with E-state index in [1.807, 2.05) is 12.1 Å². The second kappa shape index (κ2) is 9.34. The molecule has 2 aliphatic rings. The maximum absolute atomic E-state index is 12.8. The maximum Gasteiger partial charge on any atom is 0.338 e. The first-order valence-corrected chi connectivity index (χ1v) is 10.9. The second-order valence-corrected chi connectivity index (χ2v) is 8.30. The molecule has 2 heterocycles. The molecule has 2 N–H and O–H groups in total. The zero-order chi connectivity index (χ0) is 22.7. The summed E-state index contributed by atoms with van der Waals surface area (Å²) < 4.78 is 10.3. The van der Waals surface area contributed by atoms with E-state index in [4.69, 9.17) is 9.47 Å². The van der Waals surface area contributed by atoms with Crippen LogP contribution in [0.25, 0.3) is 5.70 Å². The lowest BCUT2D eigenvalue weighted by molar-refractivity contribution is -0.136. The molecule has 0 radical (unpaired) electrons. The van der Waals surface area contributed by atoms with Gasteiger partial charge in [-0.15, -0.1) is 0 Å². The van der Waals surface area contributed by atoms with Crippen molar-refractivity contribution in [1.29, 1.82) is 0 Å². The number of rotatable bonds is 5. The molecule has 7 heteroatoms. The largest absolute Gasteiger partial charge is 0.497 e. The van der Waals surface area contributed by atoms with E-state index in [1.165, 1.54) is 20.0 Å². The molecular formula is C25H29N3O4. The molecule has 2 amide bonds. The summed E-state index contributed by atoms with van der Waals surface area (Å²) in [6.45, 7) is 4.38. The summed E-state index contributed by atoms with van der Waals surface area (Å²) in [4.78, 5) is 27.7. The Hall–Kier alpha value is -3.48. The van der Waals surface area contributed by atoms with Gasteiger partial charge in [-0.1, -0.05) is 19.1 Å². The van der Waals surface area contributed by atoms with Crippen LogP contribution in [0.2, 0.25) is 0 Å². The topological polar surface area (TPSA) is 79.9 Å². The van der Waals surface area contributed by atoms with Crippen LogP contribution in [0.4, 0.5) is 10.5 Å². The Morgan fingerprint density at radius 1 is 1.00 bits per heavy atom. The van der Waals surface area contributed by atoms with Crippen molar-refractivity contribution < 1.29 is 19.1 Å². The molecule has 0 spiro atoms. The number of ether oxygens (including phenoxy) is 2. The summed E-state index contributed by atoms with van der Waals surface area (Å²) in [5.74, 6) is 0.954. The number of methoxy groups -OCH3 is 2. The molecule has 168 valence electrons. The van der Waals surface area contributed by atoms with Crippen LogP contribution in [0, 0.1) is 5.92 Å². The van der Waals surface area contributed by atoms with E-state index in [0.29, 0.717) is 22.6 Å². The van der Waals surface area contributed by atoms with Crippen LogP contribution in [0.5, 0.6) is 5.75 Å². The average molecular weight is 436 g/mol. The molecule has 1 saturated heterocycles. The highest BCUT2D eigenvalue weighted by molar-refractivity contribution is 6.04. The molecule has 1 unspecified atom stereocenters. The number of urea groups is 1. The Bertz CT molecular complexity index is 1010. The maximum atomic E-state index is 12.8. The predicted molar refractivity (Wildman–Crippen MR) is 123 cm³/mol. The minimum Gasteiger partial charge on any atom is -0.497 e. The first-order valence-electron chi connectivity index (χ1n) is 10.9. The summed E-state index contributed by atoms with van der Waals surface area (Å²) in [6, 6.07) is 14.2. The van der Waals surface area contributed by atoms with Gasteiger partial charge in [0.2, 0.25) is 0 Å². The molecule has 0 aliphatic carbocycles. The van der Waals surface area contributed by atoms with Crippen molar-refractivity contribution in [1.82, 2.24) is 10.6 Å². The monoisotopic (exact) mass is 435 g/mol. The summed E-state index contributed by atoms with van der Waals surface area (Å²) in [6.07, 6.45) is 2.37. The van der Waals surface area contributed by atoms with E-state index in [0.717, 1.165) is 30.3 Å². The molecule has 0 aromatic heterocycles. The fraction of sp³-hybridized carbons (Fsp3) is 0.360. The van der Waals surface area contributed by atoms with Crippen LogP contribution in [0.15, 0.2) is 54.1 Å². The van der Waals surface area contributed by atoms with Gasteiger partial charge >= 0.3 is 12.0 Å². The van der Waals surface area contributed by atoms with Crippen LogP contribution in [-0.2, 0) is 9.53 Å². The van der Waals surface area contributed by atoms with Gasteiger partial charge in [0.1, 0.15) is 5.75 Å². The molecule has 2 aromatic carbocycles. The summed E-state index contributed by atoms with van der Waals surface area (Å²) in [5, 5.41) is 5.66. The SMILES string of the molecule is COC(=O)C1=C(c2ccc(OC)cc2)NC(=O)NC1c1ccc(N2CCC(C)CC2)cc1. The zero-order valence-corrected chi connectivity index (χ0v) is 18.7. The normalized spacial score (nSPS) is 19.3. The number of benzene rings is 2. The zero-order valence-electron chi connectivity index (χ0n) is 18.7. The minimum atomic E-state index is -0.622. The van der Waals surface area contributed by atoms with Gasteiger partial charge in [0.05, 0.1) is 31.5 Å². The lowest BCUT2D eigenvalue weighted by Crippen LogP contribution is -2.45.